The number of halogens is 1. The minimum Gasteiger partial charge on any atom is -0.392 e. The molecule has 3 aliphatic rings. The van der Waals surface area contributed by atoms with Gasteiger partial charge in [-0.3, -0.25) is 24.6 Å². The van der Waals surface area contributed by atoms with Crippen LogP contribution in [0.25, 0.3) is 0 Å². The van der Waals surface area contributed by atoms with Crippen LogP contribution in [0.2, 0.25) is 5.02 Å². The molecule has 0 aromatic heterocycles. The van der Waals surface area contributed by atoms with E-state index in [0.717, 1.165) is 12.0 Å². The fourth-order valence-corrected chi connectivity index (χ4v) is 5.26. The number of imide groups is 1. The van der Waals surface area contributed by atoms with Gasteiger partial charge in [-0.2, -0.15) is 0 Å². The number of hydrogen-bond donors (Lipinski definition) is 3. The molecule has 3 amide bonds. The molecule has 5 atom stereocenters. The molecule has 5 unspecified atom stereocenters. The van der Waals surface area contributed by atoms with Crippen molar-refractivity contribution < 1.29 is 19.5 Å². The van der Waals surface area contributed by atoms with Crippen LogP contribution >= 0.6 is 11.6 Å². The number of unbranched alkanes of at least 4 members (excludes halogenated alkanes) is 1. The summed E-state index contributed by atoms with van der Waals surface area (Å²) in [5, 5.41) is 16.7. The molecule has 28 heavy (non-hydrogen) atoms. The van der Waals surface area contributed by atoms with E-state index in [4.69, 9.17) is 11.6 Å². The predicted octanol–water partition coefficient (Wildman–Crippen LogP) is 1.55. The number of rotatable bonds is 4. The number of carbonyl (C=O) groups is 3. The van der Waals surface area contributed by atoms with E-state index in [1.165, 1.54) is 4.90 Å². The largest absolute Gasteiger partial charge is 0.392 e. The van der Waals surface area contributed by atoms with Gasteiger partial charge < -0.3 is 10.4 Å². The van der Waals surface area contributed by atoms with Gasteiger partial charge in [0.25, 0.3) is 0 Å². The summed E-state index contributed by atoms with van der Waals surface area (Å²) >= 11 is 6.35. The van der Waals surface area contributed by atoms with Crippen LogP contribution in [0.4, 0.5) is 5.69 Å². The van der Waals surface area contributed by atoms with E-state index in [0.29, 0.717) is 29.2 Å². The molecule has 0 saturated carbocycles. The van der Waals surface area contributed by atoms with Crippen LogP contribution in [0, 0.1) is 18.8 Å². The minimum absolute atomic E-state index is 0.321. The topological polar surface area (TPSA) is 98.7 Å². The molecule has 150 valence electrons. The first kappa shape index (κ1) is 19.4. The van der Waals surface area contributed by atoms with Crippen molar-refractivity contribution in [3.63, 3.8) is 0 Å². The number of nitrogens with zero attached hydrogens (tertiary/aromatic N) is 1. The van der Waals surface area contributed by atoms with Gasteiger partial charge in [-0.05, 0) is 31.9 Å². The number of amides is 3. The third-order valence-electron chi connectivity index (χ3n) is 6.20. The standard InChI is InChI=1S/C20H24ClN3O4/c1-4-5-6-24-17(26)13-14(18(24)27)20(23-15(13)10(3)25)11-7-9(2)8-12(21)16(11)22-19(20)28/h7-8,10,13-15,23,25H,4-6H2,1-3H3,(H,22,28). The average molecular weight is 406 g/mol. The molecule has 2 saturated heterocycles. The highest BCUT2D eigenvalue weighted by Gasteiger charge is 2.71. The SMILES string of the molecule is CCCCN1C(=O)C2C(C(C)O)NC3(C(=O)Nc4c(Cl)cc(C)cc43)C2C1=O. The van der Waals surface area contributed by atoms with Crippen molar-refractivity contribution in [3.05, 3.63) is 28.3 Å². The van der Waals surface area contributed by atoms with Crippen molar-refractivity contribution in [1.82, 2.24) is 10.2 Å². The molecule has 2 fully saturated rings. The van der Waals surface area contributed by atoms with Gasteiger partial charge >= 0.3 is 0 Å². The Morgan fingerprint density at radius 1 is 1.29 bits per heavy atom. The summed E-state index contributed by atoms with van der Waals surface area (Å²) in [5.41, 5.74) is 0.463. The van der Waals surface area contributed by atoms with E-state index in [1.54, 1.807) is 13.0 Å². The molecule has 0 bridgehead atoms. The summed E-state index contributed by atoms with van der Waals surface area (Å²) in [5.74, 6) is -2.79. The maximum Gasteiger partial charge on any atom is 0.250 e. The number of nitrogens with one attached hydrogen (secondary N) is 2. The van der Waals surface area contributed by atoms with E-state index in [9.17, 15) is 19.5 Å². The fraction of sp³-hybridized carbons (Fsp3) is 0.550. The van der Waals surface area contributed by atoms with Crippen molar-refractivity contribution in [3.8, 4) is 0 Å². The van der Waals surface area contributed by atoms with E-state index >= 15 is 0 Å². The van der Waals surface area contributed by atoms with Gasteiger partial charge in [0.15, 0.2) is 0 Å². The number of aliphatic hydroxyl groups excluding tert-OH is 1. The highest BCUT2D eigenvalue weighted by atomic mass is 35.5. The van der Waals surface area contributed by atoms with Gasteiger partial charge in [-0.1, -0.05) is 31.0 Å². The molecule has 1 aromatic rings. The maximum atomic E-state index is 13.3. The minimum atomic E-state index is -1.41. The van der Waals surface area contributed by atoms with Gasteiger partial charge in [0, 0.05) is 18.2 Å². The van der Waals surface area contributed by atoms with Crippen LogP contribution in [0.1, 0.15) is 37.8 Å². The molecule has 3 N–H and O–H groups in total. The molecule has 3 aliphatic heterocycles. The molecule has 0 aliphatic carbocycles. The summed E-state index contributed by atoms with van der Waals surface area (Å²) in [7, 11) is 0. The van der Waals surface area contributed by atoms with E-state index in [1.807, 2.05) is 19.9 Å². The van der Waals surface area contributed by atoms with E-state index in [-0.39, 0.29) is 11.8 Å². The summed E-state index contributed by atoms with van der Waals surface area (Å²) in [6, 6.07) is 2.86. The zero-order valence-electron chi connectivity index (χ0n) is 16.1. The van der Waals surface area contributed by atoms with Crippen LogP contribution < -0.4 is 10.6 Å². The van der Waals surface area contributed by atoms with Gasteiger partial charge in [-0.25, -0.2) is 0 Å². The highest BCUT2D eigenvalue weighted by Crippen LogP contribution is 2.54. The number of fused-ring (bicyclic) bond motifs is 4. The third-order valence-corrected chi connectivity index (χ3v) is 6.50. The lowest BCUT2D eigenvalue weighted by molar-refractivity contribution is -0.143. The first-order valence-electron chi connectivity index (χ1n) is 9.67. The summed E-state index contributed by atoms with van der Waals surface area (Å²) in [6.45, 7) is 5.74. The highest BCUT2D eigenvalue weighted by molar-refractivity contribution is 6.35. The lowest BCUT2D eigenvalue weighted by atomic mass is 9.76. The van der Waals surface area contributed by atoms with Gasteiger partial charge in [0.2, 0.25) is 17.7 Å². The fourth-order valence-electron chi connectivity index (χ4n) is 4.93. The smallest absolute Gasteiger partial charge is 0.250 e. The van der Waals surface area contributed by atoms with Gasteiger partial charge in [0.05, 0.1) is 28.6 Å². The lowest BCUT2D eigenvalue weighted by Crippen LogP contribution is -2.54. The normalized spacial score (nSPS) is 32.1. The average Bonchev–Trinajstić information content (AvgIpc) is 3.21. The van der Waals surface area contributed by atoms with Crippen LogP contribution in [0.5, 0.6) is 0 Å². The second kappa shape index (κ2) is 6.54. The molecule has 1 aromatic carbocycles. The van der Waals surface area contributed by atoms with Crippen LogP contribution in [0.15, 0.2) is 12.1 Å². The Morgan fingerprint density at radius 2 is 2.00 bits per heavy atom. The second-order valence-electron chi connectivity index (χ2n) is 8.03. The van der Waals surface area contributed by atoms with Crippen LogP contribution in [0.3, 0.4) is 0 Å². The molecule has 4 rings (SSSR count). The number of aliphatic hydroxyl groups is 1. The van der Waals surface area contributed by atoms with Gasteiger partial charge in [-0.15, -0.1) is 0 Å². The summed E-state index contributed by atoms with van der Waals surface area (Å²) < 4.78 is 0. The Labute approximate surface area is 168 Å². The van der Waals surface area contributed by atoms with Crippen molar-refractivity contribution in [2.45, 2.75) is 51.3 Å². The van der Waals surface area contributed by atoms with Crippen molar-refractivity contribution >= 4 is 35.0 Å². The Hall–Kier alpha value is -1.96. The maximum absolute atomic E-state index is 13.3. The first-order valence-corrected chi connectivity index (χ1v) is 10.0. The molecule has 8 heteroatoms. The zero-order chi connectivity index (χ0) is 20.4. The first-order chi connectivity index (χ1) is 13.2. The van der Waals surface area contributed by atoms with Crippen molar-refractivity contribution in [2.75, 3.05) is 11.9 Å². The summed E-state index contributed by atoms with van der Waals surface area (Å²) in [4.78, 5) is 40.9. The van der Waals surface area contributed by atoms with Gasteiger partial charge in [0.1, 0.15) is 5.54 Å². The molecule has 3 heterocycles. The van der Waals surface area contributed by atoms with E-state index < -0.39 is 35.4 Å². The predicted molar refractivity (Wildman–Crippen MR) is 104 cm³/mol. The Balaban J connectivity index is 1.89. The quantitative estimate of drug-likeness (QED) is 0.660. The molecular weight excluding hydrogens is 382 g/mol. The second-order valence-corrected chi connectivity index (χ2v) is 8.43. The number of anilines is 1. The van der Waals surface area contributed by atoms with Crippen LogP contribution in [-0.4, -0.2) is 46.4 Å². The monoisotopic (exact) mass is 405 g/mol. The third kappa shape index (κ3) is 2.39. The Morgan fingerprint density at radius 3 is 2.64 bits per heavy atom. The van der Waals surface area contributed by atoms with Crippen LogP contribution in [-0.2, 0) is 19.9 Å². The number of likely N-dealkylation sites (tertiary alicyclic amines) is 1. The number of carbonyl (C=O) groups excluding carboxylic acids is 3. The van der Waals surface area contributed by atoms with Crippen molar-refractivity contribution in [1.29, 1.82) is 0 Å². The summed E-state index contributed by atoms with van der Waals surface area (Å²) in [6.07, 6.45) is 0.630. The lowest BCUT2D eigenvalue weighted by Gasteiger charge is -2.30. The molecular formula is C20H24ClN3O4. The zero-order valence-corrected chi connectivity index (χ0v) is 16.8. The van der Waals surface area contributed by atoms with Crippen molar-refractivity contribution in [2.24, 2.45) is 11.8 Å². The molecule has 1 spiro atoms. The van der Waals surface area contributed by atoms with E-state index in [2.05, 4.69) is 10.6 Å². The molecule has 7 nitrogen and oxygen atoms in total. The number of aryl methyl sites for hydroxylation is 1. The number of hydrogen-bond acceptors (Lipinski definition) is 5. The Kier molecular flexibility index (Phi) is 4.52. The Bertz CT molecular complexity index is 886. The number of benzene rings is 1. The molecule has 0 radical (unpaired) electrons.